The number of aryl methyl sites for hydroxylation is 1. The lowest BCUT2D eigenvalue weighted by atomic mass is 10.1. The minimum atomic E-state index is -0.115. The number of carbonyl (C=O) groups is 1. The maximum atomic E-state index is 12.2. The van der Waals surface area contributed by atoms with E-state index in [4.69, 9.17) is 9.84 Å². The van der Waals surface area contributed by atoms with E-state index in [1.807, 2.05) is 31.2 Å². The van der Waals surface area contributed by atoms with Crippen LogP contribution in [0.5, 0.6) is 0 Å². The lowest BCUT2D eigenvalue weighted by Crippen LogP contribution is -2.47. The lowest BCUT2D eigenvalue weighted by molar-refractivity contribution is -0.0566. The molecule has 6 heteroatoms. The Morgan fingerprint density at radius 1 is 1.38 bits per heavy atom. The van der Waals surface area contributed by atoms with Gasteiger partial charge in [-0.2, -0.15) is 0 Å². The predicted molar refractivity (Wildman–Crippen MR) is 91.8 cm³/mol. The summed E-state index contributed by atoms with van der Waals surface area (Å²) in [4.78, 5) is 14.5. The van der Waals surface area contributed by atoms with Gasteiger partial charge in [-0.1, -0.05) is 24.3 Å². The van der Waals surface area contributed by atoms with Crippen molar-refractivity contribution in [3.63, 3.8) is 0 Å². The molecule has 3 atom stereocenters. The van der Waals surface area contributed by atoms with Gasteiger partial charge in [-0.05, 0) is 30.9 Å². The highest BCUT2D eigenvalue weighted by molar-refractivity contribution is 5.74. The van der Waals surface area contributed by atoms with E-state index in [9.17, 15) is 4.79 Å². The molecule has 6 nitrogen and oxygen atoms in total. The van der Waals surface area contributed by atoms with Gasteiger partial charge >= 0.3 is 6.03 Å². The quantitative estimate of drug-likeness (QED) is 0.752. The third-order valence-corrected chi connectivity index (χ3v) is 4.98. The highest BCUT2D eigenvalue weighted by Gasteiger charge is 2.37. The first-order valence-electron chi connectivity index (χ1n) is 8.71. The SMILES string of the molecule is Cc1ccccc1CNC(=O)N[C@H]1C[C@H]2CO[C@@H](CCO)CN2C1. The van der Waals surface area contributed by atoms with Crippen LogP contribution in [0.15, 0.2) is 24.3 Å². The minimum Gasteiger partial charge on any atom is -0.396 e. The molecule has 3 N–H and O–H groups in total. The molecule has 132 valence electrons. The number of nitrogens with one attached hydrogen (secondary N) is 2. The van der Waals surface area contributed by atoms with E-state index in [1.54, 1.807) is 0 Å². The zero-order valence-electron chi connectivity index (χ0n) is 14.2. The number of ether oxygens (including phenoxy) is 1. The number of fused-ring (bicyclic) bond motifs is 1. The molecule has 1 aromatic rings. The molecule has 2 saturated heterocycles. The van der Waals surface area contributed by atoms with Gasteiger partial charge in [-0.3, -0.25) is 4.90 Å². The summed E-state index contributed by atoms with van der Waals surface area (Å²) < 4.78 is 5.77. The summed E-state index contributed by atoms with van der Waals surface area (Å²) in [6.45, 7) is 5.13. The number of rotatable bonds is 5. The van der Waals surface area contributed by atoms with Crippen molar-refractivity contribution >= 4 is 6.03 Å². The van der Waals surface area contributed by atoms with Gasteiger partial charge < -0.3 is 20.5 Å². The topological polar surface area (TPSA) is 73.8 Å². The Bertz CT molecular complexity index is 566. The largest absolute Gasteiger partial charge is 0.396 e. The van der Waals surface area contributed by atoms with E-state index in [1.165, 1.54) is 5.56 Å². The first-order valence-corrected chi connectivity index (χ1v) is 8.71. The van der Waals surface area contributed by atoms with Crippen molar-refractivity contribution in [3.05, 3.63) is 35.4 Å². The maximum absolute atomic E-state index is 12.2. The second kappa shape index (κ2) is 7.96. The van der Waals surface area contributed by atoms with Crippen molar-refractivity contribution in [1.82, 2.24) is 15.5 Å². The molecule has 0 aliphatic carbocycles. The zero-order chi connectivity index (χ0) is 16.9. The zero-order valence-corrected chi connectivity index (χ0v) is 14.2. The molecule has 0 unspecified atom stereocenters. The van der Waals surface area contributed by atoms with Crippen LogP contribution in [0.1, 0.15) is 24.0 Å². The lowest BCUT2D eigenvalue weighted by Gasteiger charge is -2.34. The average molecular weight is 333 g/mol. The molecule has 2 fully saturated rings. The summed E-state index contributed by atoms with van der Waals surface area (Å²) in [5.41, 5.74) is 2.32. The molecule has 0 radical (unpaired) electrons. The molecule has 0 aromatic heterocycles. The van der Waals surface area contributed by atoms with Crippen molar-refractivity contribution in [2.75, 3.05) is 26.3 Å². The minimum absolute atomic E-state index is 0.111. The number of urea groups is 1. The van der Waals surface area contributed by atoms with E-state index in [2.05, 4.69) is 15.5 Å². The Morgan fingerprint density at radius 3 is 3.00 bits per heavy atom. The van der Waals surface area contributed by atoms with Gasteiger partial charge in [-0.15, -0.1) is 0 Å². The van der Waals surface area contributed by atoms with Crippen LogP contribution in [-0.2, 0) is 11.3 Å². The standard InChI is InChI=1S/C18H27N3O3/c1-13-4-2-3-5-14(13)9-19-18(23)20-15-8-16-12-24-17(6-7-22)11-21(16)10-15/h2-5,15-17,22H,6-12H2,1H3,(H2,19,20,23)/t15-,16-,17-/m0/s1. The van der Waals surface area contributed by atoms with Crippen LogP contribution in [0.3, 0.4) is 0 Å². The molecular formula is C18H27N3O3. The predicted octanol–water partition coefficient (Wildman–Crippen LogP) is 1.02. The number of carbonyl (C=O) groups excluding carboxylic acids is 1. The van der Waals surface area contributed by atoms with Gasteiger partial charge in [0.15, 0.2) is 0 Å². The molecule has 1 aromatic carbocycles. The van der Waals surface area contributed by atoms with Crippen LogP contribution in [0.2, 0.25) is 0 Å². The average Bonchev–Trinajstić information content (AvgIpc) is 2.96. The number of hydrogen-bond acceptors (Lipinski definition) is 4. The Hall–Kier alpha value is -1.63. The fourth-order valence-electron chi connectivity index (χ4n) is 3.59. The number of nitrogens with zero attached hydrogens (tertiary/aromatic N) is 1. The van der Waals surface area contributed by atoms with E-state index in [0.717, 1.165) is 25.1 Å². The van der Waals surface area contributed by atoms with Crippen LogP contribution >= 0.6 is 0 Å². The van der Waals surface area contributed by atoms with Gasteiger partial charge in [0.25, 0.3) is 0 Å². The first kappa shape index (κ1) is 17.2. The molecular weight excluding hydrogens is 306 g/mol. The third kappa shape index (κ3) is 4.26. The molecule has 0 saturated carbocycles. The molecule has 3 rings (SSSR count). The van der Waals surface area contributed by atoms with Crippen LogP contribution in [0.4, 0.5) is 4.79 Å². The van der Waals surface area contributed by atoms with E-state index in [-0.39, 0.29) is 24.8 Å². The van der Waals surface area contributed by atoms with E-state index < -0.39 is 0 Å². The number of benzene rings is 1. The summed E-state index contributed by atoms with van der Waals surface area (Å²) in [5.74, 6) is 0. The molecule has 24 heavy (non-hydrogen) atoms. The van der Waals surface area contributed by atoms with Crippen LogP contribution in [0, 0.1) is 6.92 Å². The fourth-order valence-corrected chi connectivity index (χ4v) is 3.59. The number of aliphatic hydroxyl groups is 1. The molecule has 0 bridgehead atoms. The van der Waals surface area contributed by atoms with Crippen molar-refractivity contribution in [1.29, 1.82) is 0 Å². The second-order valence-electron chi connectivity index (χ2n) is 6.76. The van der Waals surface area contributed by atoms with Crippen LogP contribution in [-0.4, -0.2) is 60.5 Å². The normalized spacial score (nSPS) is 26.8. The molecule has 2 amide bonds. The maximum Gasteiger partial charge on any atom is 0.315 e. The highest BCUT2D eigenvalue weighted by atomic mass is 16.5. The summed E-state index contributed by atoms with van der Waals surface area (Å²) in [6.07, 6.45) is 1.71. The Kier molecular flexibility index (Phi) is 5.71. The number of hydrogen-bond donors (Lipinski definition) is 3. The molecule has 2 aliphatic heterocycles. The van der Waals surface area contributed by atoms with Gasteiger partial charge in [0.2, 0.25) is 0 Å². The van der Waals surface area contributed by atoms with E-state index in [0.29, 0.717) is 25.6 Å². The van der Waals surface area contributed by atoms with E-state index >= 15 is 0 Å². The third-order valence-electron chi connectivity index (χ3n) is 4.98. The fraction of sp³-hybridized carbons (Fsp3) is 0.611. The summed E-state index contributed by atoms with van der Waals surface area (Å²) in [5, 5.41) is 15.1. The van der Waals surface area contributed by atoms with Crippen LogP contribution < -0.4 is 10.6 Å². The van der Waals surface area contributed by atoms with Crippen molar-refractivity contribution < 1.29 is 14.6 Å². The monoisotopic (exact) mass is 333 g/mol. The number of morpholine rings is 1. The van der Waals surface area contributed by atoms with Gasteiger partial charge in [0.1, 0.15) is 0 Å². The highest BCUT2D eigenvalue weighted by Crippen LogP contribution is 2.24. The Labute approximate surface area is 143 Å². The number of amides is 2. The molecule has 0 spiro atoms. The van der Waals surface area contributed by atoms with Crippen LogP contribution in [0.25, 0.3) is 0 Å². The smallest absolute Gasteiger partial charge is 0.315 e. The first-order chi connectivity index (χ1) is 11.7. The number of aliphatic hydroxyl groups excluding tert-OH is 1. The molecule has 2 aliphatic rings. The van der Waals surface area contributed by atoms with Crippen molar-refractivity contribution in [2.45, 2.75) is 44.5 Å². The van der Waals surface area contributed by atoms with Gasteiger partial charge in [0.05, 0.1) is 12.7 Å². The Morgan fingerprint density at radius 2 is 2.21 bits per heavy atom. The Balaban J connectivity index is 1.44. The second-order valence-corrected chi connectivity index (χ2v) is 6.76. The summed E-state index contributed by atoms with van der Waals surface area (Å²) in [7, 11) is 0. The van der Waals surface area contributed by atoms with Gasteiger partial charge in [0, 0.05) is 38.3 Å². The van der Waals surface area contributed by atoms with Crippen molar-refractivity contribution in [3.8, 4) is 0 Å². The summed E-state index contributed by atoms with van der Waals surface area (Å²) in [6, 6.07) is 8.48. The van der Waals surface area contributed by atoms with Gasteiger partial charge in [-0.25, -0.2) is 4.79 Å². The van der Waals surface area contributed by atoms with Crippen molar-refractivity contribution in [2.24, 2.45) is 0 Å². The molecule has 2 heterocycles. The summed E-state index contributed by atoms with van der Waals surface area (Å²) >= 11 is 0.